The van der Waals surface area contributed by atoms with Gasteiger partial charge in [0, 0.05) is 13.1 Å². The molecule has 1 aliphatic rings. The first kappa shape index (κ1) is 13.9. The largest absolute Gasteiger partial charge is 0.243 e. The highest BCUT2D eigenvalue weighted by Gasteiger charge is 2.28. The van der Waals surface area contributed by atoms with Gasteiger partial charge in [0.2, 0.25) is 16.1 Å². The molecule has 0 amide bonds. The van der Waals surface area contributed by atoms with E-state index in [-0.39, 0.29) is 4.90 Å². The lowest BCUT2D eigenvalue weighted by Crippen LogP contribution is -2.37. The molecule has 1 heterocycles. The van der Waals surface area contributed by atoms with Crippen LogP contribution in [0.4, 0.5) is 5.69 Å². The Morgan fingerprint density at radius 3 is 2.63 bits per heavy atom. The highest BCUT2D eigenvalue weighted by Crippen LogP contribution is 2.25. The number of piperidine rings is 1. The molecule has 5 nitrogen and oxygen atoms in total. The van der Waals surface area contributed by atoms with E-state index in [9.17, 15) is 13.2 Å². The summed E-state index contributed by atoms with van der Waals surface area (Å²) in [5.74, 6) is 0.567. The minimum Gasteiger partial charge on any atom is -0.211 e. The van der Waals surface area contributed by atoms with Gasteiger partial charge in [-0.2, -0.15) is 9.30 Å². The Morgan fingerprint density at radius 2 is 2.00 bits per heavy atom. The maximum atomic E-state index is 12.4. The number of hydrogen-bond donors (Lipinski definition) is 0. The summed E-state index contributed by atoms with van der Waals surface area (Å²) in [4.78, 5) is 13.9. The number of isocyanates is 1. The smallest absolute Gasteiger partial charge is 0.211 e. The Balaban J connectivity index is 2.29. The predicted molar refractivity (Wildman–Crippen MR) is 71.4 cm³/mol. The van der Waals surface area contributed by atoms with Gasteiger partial charge in [0.25, 0.3) is 0 Å². The lowest BCUT2D eigenvalue weighted by Gasteiger charge is -2.29. The molecule has 0 spiro atoms. The van der Waals surface area contributed by atoms with Crippen molar-refractivity contribution < 1.29 is 13.2 Å². The number of hydrogen-bond acceptors (Lipinski definition) is 4. The van der Waals surface area contributed by atoms with E-state index in [1.165, 1.54) is 22.5 Å². The predicted octanol–water partition coefficient (Wildman–Crippen LogP) is 2.07. The minimum absolute atomic E-state index is 0.179. The Labute approximate surface area is 113 Å². The molecule has 1 aromatic carbocycles. The van der Waals surface area contributed by atoms with Crippen LogP contribution in [0.5, 0.6) is 0 Å². The third kappa shape index (κ3) is 3.10. The molecule has 1 saturated heterocycles. The van der Waals surface area contributed by atoms with Gasteiger partial charge < -0.3 is 0 Å². The molecular formula is C13H16N2O3S. The van der Waals surface area contributed by atoms with E-state index < -0.39 is 10.0 Å². The average Bonchev–Trinajstić information content (AvgIpc) is 2.40. The van der Waals surface area contributed by atoms with Gasteiger partial charge >= 0.3 is 0 Å². The fourth-order valence-corrected chi connectivity index (χ4v) is 3.65. The molecule has 19 heavy (non-hydrogen) atoms. The quantitative estimate of drug-likeness (QED) is 0.629. The fourth-order valence-electron chi connectivity index (χ4n) is 2.14. The van der Waals surface area contributed by atoms with Crippen molar-refractivity contribution in [3.8, 4) is 0 Å². The van der Waals surface area contributed by atoms with Crippen LogP contribution in [-0.4, -0.2) is 31.9 Å². The Kier molecular flexibility index (Phi) is 4.14. The second kappa shape index (κ2) is 5.65. The molecule has 0 aliphatic carbocycles. The van der Waals surface area contributed by atoms with Crippen molar-refractivity contribution in [2.75, 3.05) is 13.1 Å². The van der Waals surface area contributed by atoms with Crippen LogP contribution in [-0.2, 0) is 14.8 Å². The van der Waals surface area contributed by atoms with Crippen molar-refractivity contribution in [3.05, 3.63) is 24.3 Å². The molecule has 0 radical (unpaired) electrons. The highest BCUT2D eigenvalue weighted by molar-refractivity contribution is 7.89. The van der Waals surface area contributed by atoms with Crippen molar-refractivity contribution in [3.63, 3.8) is 0 Å². The van der Waals surface area contributed by atoms with Crippen LogP contribution < -0.4 is 0 Å². The average molecular weight is 280 g/mol. The molecule has 6 heteroatoms. The lowest BCUT2D eigenvalue weighted by molar-refractivity contribution is 0.288. The van der Waals surface area contributed by atoms with Crippen LogP contribution in [0, 0.1) is 5.92 Å². The van der Waals surface area contributed by atoms with Gasteiger partial charge in [-0.1, -0.05) is 13.0 Å². The molecule has 0 saturated carbocycles. The molecule has 0 atom stereocenters. The normalized spacial score (nSPS) is 17.9. The number of aliphatic imine (C=N–C) groups is 1. The highest BCUT2D eigenvalue weighted by atomic mass is 32.2. The SMILES string of the molecule is CC1CCN(S(=O)(=O)c2cccc(N=C=O)c2)CC1. The van der Waals surface area contributed by atoms with Crippen molar-refractivity contribution in [2.24, 2.45) is 10.9 Å². The Bertz CT molecular complexity index is 598. The van der Waals surface area contributed by atoms with Gasteiger partial charge in [0.1, 0.15) is 0 Å². The van der Waals surface area contributed by atoms with Crippen LogP contribution >= 0.6 is 0 Å². The van der Waals surface area contributed by atoms with Crippen LogP contribution in [0.15, 0.2) is 34.2 Å². The van der Waals surface area contributed by atoms with E-state index in [0.717, 1.165) is 12.8 Å². The Morgan fingerprint density at radius 1 is 1.32 bits per heavy atom. The summed E-state index contributed by atoms with van der Waals surface area (Å²) in [7, 11) is -3.48. The van der Waals surface area contributed by atoms with Gasteiger partial charge in [-0.3, -0.25) is 0 Å². The van der Waals surface area contributed by atoms with E-state index in [2.05, 4.69) is 11.9 Å². The van der Waals surface area contributed by atoms with E-state index in [0.29, 0.717) is 24.7 Å². The zero-order valence-corrected chi connectivity index (χ0v) is 11.6. The summed E-state index contributed by atoms with van der Waals surface area (Å²) >= 11 is 0. The van der Waals surface area contributed by atoms with Crippen molar-refractivity contribution in [1.82, 2.24) is 4.31 Å². The molecule has 102 valence electrons. The molecule has 0 unspecified atom stereocenters. The molecular weight excluding hydrogens is 264 g/mol. The first-order valence-corrected chi connectivity index (χ1v) is 7.66. The van der Waals surface area contributed by atoms with Crippen molar-refractivity contribution in [1.29, 1.82) is 0 Å². The monoisotopic (exact) mass is 280 g/mol. The summed E-state index contributed by atoms with van der Waals surface area (Å²) in [6, 6.07) is 6.08. The van der Waals surface area contributed by atoms with E-state index in [4.69, 9.17) is 0 Å². The minimum atomic E-state index is -3.48. The molecule has 1 fully saturated rings. The summed E-state index contributed by atoms with van der Waals surface area (Å²) in [6.07, 6.45) is 3.18. The van der Waals surface area contributed by atoms with Crippen LogP contribution in [0.2, 0.25) is 0 Å². The molecule has 1 aliphatic heterocycles. The molecule has 0 bridgehead atoms. The van der Waals surface area contributed by atoms with Gasteiger partial charge in [-0.15, -0.1) is 0 Å². The summed E-state index contributed by atoms with van der Waals surface area (Å²) in [5.41, 5.74) is 0.307. The number of sulfonamides is 1. The summed E-state index contributed by atoms with van der Waals surface area (Å²) < 4.78 is 26.4. The first-order chi connectivity index (χ1) is 9.04. The number of benzene rings is 1. The van der Waals surface area contributed by atoms with E-state index >= 15 is 0 Å². The maximum Gasteiger partial charge on any atom is 0.243 e. The summed E-state index contributed by atoms with van der Waals surface area (Å²) in [6.45, 7) is 3.22. The van der Waals surface area contributed by atoms with Crippen molar-refractivity contribution in [2.45, 2.75) is 24.7 Å². The molecule has 2 rings (SSSR count). The zero-order valence-electron chi connectivity index (χ0n) is 10.7. The number of carbonyl (C=O) groups excluding carboxylic acids is 1. The Hall–Kier alpha value is -1.49. The fraction of sp³-hybridized carbons (Fsp3) is 0.462. The topological polar surface area (TPSA) is 66.8 Å². The maximum absolute atomic E-state index is 12.4. The number of nitrogens with zero attached hydrogens (tertiary/aromatic N) is 2. The third-order valence-electron chi connectivity index (χ3n) is 3.37. The third-order valence-corrected chi connectivity index (χ3v) is 5.27. The van der Waals surface area contributed by atoms with Gasteiger partial charge in [0.15, 0.2) is 0 Å². The summed E-state index contributed by atoms with van der Waals surface area (Å²) in [5, 5.41) is 0. The van der Waals surface area contributed by atoms with Crippen LogP contribution in [0.3, 0.4) is 0 Å². The molecule has 0 aromatic heterocycles. The first-order valence-electron chi connectivity index (χ1n) is 6.22. The van der Waals surface area contributed by atoms with Gasteiger partial charge in [-0.05, 0) is 37.0 Å². The van der Waals surface area contributed by atoms with Gasteiger partial charge in [-0.25, -0.2) is 13.2 Å². The van der Waals surface area contributed by atoms with E-state index in [1.807, 2.05) is 0 Å². The molecule has 0 N–H and O–H groups in total. The zero-order chi connectivity index (χ0) is 13.9. The van der Waals surface area contributed by atoms with Crippen LogP contribution in [0.25, 0.3) is 0 Å². The van der Waals surface area contributed by atoms with Crippen molar-refractivity contribution >= 4 is 21.8 Å². The lowest BCUT2D eigenvalue weighted by atomic mass is 10.0. The standard InChI is InChI=1S/C13H16N2O3S/c1-11-5-7-15(8-6-11)19(17,18)13-4-2-3-12(9-13)14-10-16/h2-4,9,11H,5-8H2,1H3. The second-order valence-electron chi connectivity index (χ2n) is 4.79. The van der Waals surface area contributed by atoms with Gasteiger partial charge in [0.05, 0.1) is 10.6 Å². The van der Waals surface area contributed by atoms with E-state index in [1.54, 1.807) is 12.1 Å². The molecule has 1 aromatic rings. The van der Waals surface area contributed by atoms with Crippen LogP contribution in [0.1, 0.15) is 19.8 Å². The second-order valence-corrected chi connectivity index (χ2v) is 6.72. The number of rotatable bonds is 3.